The van der Waals surface area contributed by atoms with E-state index in [1.165, 1.54) is 12.5 Å². The third-order valence-electron chi connectivity index (χ3n) is 6.33. The van der Waals surface area contributed by atoms with Crippen molar-refractivity contribution >= 4 is 29.6 Å². The summed E-state index contributed by atoms with van der Waals surface area (Å²) in [6.45, 7) is 3.55. The van der Waals surface area contributed by atoms with Crippen molar-refractivity contribution < 1.29 is 29.1 Å². The smallest absolute Gasteiger partial charge is 0.326 e. The van der Waals surface area contributed by atoms with E-state index in [2.05, 4.69) is 25.9 Å². The molecule has 2 aromatic rings. The molecule has 0 saturated carbocycles. The number of nitrogens with zero attached hydrogens (tertiary/aromatic N) is 1. The molecule has 0 radical (unpaired) electrons. The minimum absolute atomic E-state index is 0.0502. The number of nitrogens with two attached hydrogens (primary N) is 2. The van der Waals surface area contributed by atoms with Crippen LogP contribution >= 0.6 is 0 Å². The van der Waals surface area contributed by atoms with Gasteiger partial charge in [0.1, 0.15) is 18.1 Å². The highest BCUT2D eigenvalue weighted by Gasteiger charge is 2.33. The molecule has 0 aliphatic heterocycles. The van der Waals surface area contributed by atoms with E-state index in [1.807, 2.05) is 6.92 Å². The van der Waals surface area contributed by atoms with Gasteiger partial charge in [-0.1, -0.05) is 50.6 Å². The Morgan fingerprint density at radius 2 is 1.64 bits per heavy atom. The van der Waals surface area contributed by atoms with Gasteiger partial charge in [0.15, 0.2) is 0 Å². The number of aromatic nitrogens is 2. The molecule has 2 rings (SSSR count). The summed E-state index contributed by atoms with van der Waals surface area (Å²) >= 11 is 0. The first-order chi connectivity index (χ1) is 18.5. The van der Waals surface area contributed by atoms with Crippen LogP contribution in [0.3, 0.4) is 0 Å². The van der Waals surface area contributed by atoms with Crippen LogP contribution in [-0.2, 0) is 36.8 Å². The monoisotopic (exact) mass is 543 g/mol. The summed E-state index contributed by atoms with van der Waals surface area (Å²) in [7, 11) is 0. The molecule has 5 unspecified atom stereocenters. The largest absolute Gasteiger partial charge is 0.480 e. The SMILES string of the molecule is CCC(C)C(NC(=O)C(CCC(N)=O)NC(=O)C(N)Cc1cnc[nH]1)C(=O)NC(Cc1ccccc1)C(=O)O. The maximum absolute atomic E-state index is 13.2. The van der Waals surface area contributed by atoms with Crippen molar-refractivity contribution in [2.24, 2.45) is 17.4 Å². The molecule has 39 heavy (non-hydrogen) atoms. The van der Waals surface area contributed by atoms with Crippen LogP contribution in [0.15, 0.2) is 42.9 Å². The van der Waals surface area contributed by atoms with E-state index in [-0.39, 0.29) is 31.6 Å². The van der Waals surface area contributed by atoms with Crippen molar-refractivity contribution in [2.75, 3.05) is 0 Å². The first kappa shape index (κ1) is 31.0. The van der Waals surface area contributed by atoms with Gasteiger partial charge in [-0.2, -0.15) is 0 Å². The number of rotatable bonds is 16. The first-order valence-corrected chi connectivity index (χ1v) is 12.7. The number of carboxylic acid groups (broad SMARTS) is 1. The number of primary amides is 1. The van der Waals surface area contributed by atoms with Crippen LogP contribution in [0.1, 0.15) is 44.4 Å². The van der Waals surface area contributed by atoms with E-state index in [1.54, 1.807) is 37.3 Å². The van der Waals surface area contributed by atoms with E-state index in [9.17, 15) is 29.1 Å². The number of hydrogen-bond donors (Lipinski definition) is 7. The van der Waals surface area contributed by atoms with Crippen molar-refractivity contribution in [2.45, 2.75) is 70.1 Å². The van der Waals surface area contributed by atoms with Gasteiger partial charge in [-0.25, -0.2) is 9.78 Å². The highest BCUT2D eigenvalue weighted by Crippen LogP contribution is 2.11. The molecule has 9 N–H and O–H groups in total. The molecule has 1 aromatic heterocycles. The zero-order valence-electron chi connectivity index (χ0n) is 22.1. The summed E-state index contributed by atoms with van der Waals surface area (Å²) in [5, 5.41) is 17.4. The lowest BCUT2D eigenvalue weighted by Crippen LogP contribution is -2.59. The van der Waals surface area contributed by atoms with Crippen molar-refractivity contribution in [3.63, 3.8) is 0 Å². The molecule has 0 saturated heterocycles. The fourth-order valence-corrected chi connectivity index (χ4v) is 3.83. The second-order valence-corrected chi connectivity index (χ2v) is 9.41. The van der Waals surface area contributed by atoms with Gasteiger partial charge in [-0.3, -0.25) is 19.2 Å². The number of carboxylic acids is 1. The number of imidazole rings is 1. The number of carbonyl (C=O) groups excluding carboxylic acids is 4. The molecule has 1 heterocycles. The number of aliphatic carboxylic acids is 1. The molecule has 1 aromatic carbocycles. The van der Waals surface area contributed by atoms with E-state index in [0.717, 1.165) is 5.56 Å². The van der Waals surface area contributed by atoms with Gasteiger partial charge >= 0.3 is 5.97 Å². The standard InChI is InChI=1S/C26H37N7O6/c1-3-15(2)22(25(37)32-20(26(38)39)11-16-7-5-4-6-8-16)33-24(36)19(9-10-21(28)34)31-23(35)18(27)12-17-13-29-14-30-17/h4-8,13-15,18-20,22H,3,9-12,27H2,1-2H3,(H2,28,34)(H,29,30)(H,31,35)(H,32,37)(H,33,36)(H,38,39). The Labute approximate surface area is 226 Å². The van der Waals surface area contributed by atoms with Gasteiger partial charge < -0.3 is 37.5 Å². The van der Waals surface area contributed by atoms with Gasteiger partial charge in [-0.15, -0.1) is 0 Å². The molecule has 0 fully saturated rings. The molecule has 0 aliphatic rings. The zero-order chi connectivity index (χ0) is 28.9. The lowest BCUT2D eigenvalue weighted by atomic mass is 9.96. The Morgan fingerprint density at radius 3 is 2.21 bits per heavy atom. The molecule has 13 nitrogen and oxygen atoms in total. The van der Waals surface area contributed by atoms with E-state index in [4.69, 9.17) is 11.5 Å². The summed E-state index contributed by atoms with van der Waals surface area (Å²) in [5.41, 5.74) is 12.6. The van der Waals surface area contributed by atoms with Crippen molar-refractivity contribution in [1.82, 2.24) is 25.9 Å². The molecular formula is C26H37N7O6. The number of nitrogens with one attached hydrogen (secondary N) is 4. The lowest BCUT2D eigenvalue weighted by Gasteiger charge is -2.28. The summed E-state index contributed by atoms with van der Waals surface area (Å²) in [4.78, 5) is 69.1. The van der Waals surface area contributed by atoms with Crippen LogP contribution in [-0.4, -0.2) is 68.8 Å². The third kappa shape index (κ3) is 10.2. The third-order valence-corrected chi connectivity index (χ3v) is 6.33. The van der Waals surface area contributed by atoms with Gasteiger partial charge in [0, 0.05) is 31.2 Å². The predicted molar refractivity (Wildman–Crippen MR) is 142 cm³/mol. The molecule has 4 amide bonds. The first-order valence-electron chi connectivity index (χ1n) is 12.7. The van der Waals surface area contributed by atoms with Crippen LogP contribution in [0.2, 0.25) is 0 Å². The van der Waals surface area contributed by atoms with Crippen LogP contribution in [0.25, 0.3) is 0 Å². The Kier molecular flexibility index (Phi) is 12.1. The van der Waals surface area contributed by atoms with Crippen molar-refractivity contribution in [3.8, 4) is 0 Å². The average Bonchev–Trinajstić information content (AvgIpc) is 3.41. The Bertz CT molecular complexity index is 1110. The minimum atomic E-state index is -1.23. The molecule has 13 heteroatoms. The Morgan fingerprint density at radius 1 is 0.974 bits per heavy atom. The number of amides is 4. The second-order valence-electron chi connectivity index (χ2n) is 9.41. The summed E-state index contributed by atoms with van der Waals surface area (Å²) < 4.78 is 0. The van der Waals surface area contributed by atoms with Crippen LogP contribution < -0.4 is 27.4 Å². The normalized spacial score (nSPS) is 14.7. The van der Waals surface area contributed by atoms with Gasteiger partial charge in [0.05, 0.1) is 12.4 Å². The highest BCUT2D eigenvalue weighted by atomic mass is 16.4. The minimum Gasteiger partial charge on any atom is -0.480 e. The molecule has 0 bridgehead atoms. The average molecular weight is 544 g/mol. The van der Waals surface area contributed by atoms with Crippen molar-refractivity contribution in [3.05, 3.63) is 54.1 Å². The summed E-state index contributed by atoms with van der Waals surface area (Å²) in [5.74, 6) is -4.34. The quantitative estimate of drug-likeness (QED) is 0.144. The van der Waals surface area contributed by atoms with Crippen LogP contribution in [0, 0.1) is 5.92 Å². The van der Waals surface area contributed by atoms with Crippen molar-refractivity contribution in [1.29, 1.82) is 0 Å². The summed E-state index contributed by atoms with van der Waals surface area (Å²) in [6.07, 6.45) is 3.30. The van der Waals surface area contributed by atoms with Gasteiger partial charge in [-0.05, 0) is 17.9 Å². The number of H-pyrrole nitrogens is 1. The number of carbonyl (C=O) groups is 5. The molecule has 0 aliphatic carbocycles. The Balaban J connectivity index is 2.15. The molecule has 5 atom stereocenters. The van der Waals surface area contributed by atoms with Gasteiger partial charge in [0.25, 0.3) is 0 Å². The van der Waals surface area contributed by atoms with E-state index < -0.39 is 53.8 Å². The highest BCUT2D eigenvalue weighted by molar-refractivity contribution is 5.94. The Hall–Kier alpha value is -4.26. The number of benzene rings is 1. The van der Waals surface area contributed by atoms with Crippen LogP contribution in [0.5, 0.6) is 0 Å². The van der Waals surface area contributed by atoms with E-state index in [0.29, 0.717) is 12.1 Å². The molecule has 0 spiro atoms. The predicted octanol–water partition coefficient (Wildman–Crippen LogP) is -0.627. The van der Waals surface area contributed by atoms with E-state index >= 15 is 0 Å². The maximum Gasteiger partial charge on any atom is 0.326 e. The molecular weight excluding hydrogens is 506 g/mol. The lowest BCUT2D eigenvalue weighted by molar-refractivity contribution is -0.142. The topological polar surface area (TPSA) is 222 Å². The molecule has 212 valence electrons. The fraction of sp³-hybridized carbons (Fsp3) is 0.462. The number of aromatic amines is 1. The van der Waals surface area contributed by atoms with Gasteiger partial charge in [0.2, 0.25) is 23.6 Å². The fourth-order valence-electron chi connectivity index (χ4n) is 3.83. The second kappa shape index (κ2) is 15.2. The zero-order valence-corrected chi connectivity index (χ0v) is 22.1. The number of hydrogen-bond acceptors (Lipinski definition) is 7. The maximum atomic E-state index is 13.2. The van der Waals surface area contributed by atoms with Crippen LogP contribution in [0.4, 0.5) is 0 Å². The summed E-state index contributed by atoms with van der Waals surface area (Å²) in [6, 6.07) is 4.26.